The number of halogens is 1. The molecule has 0 fully saturated rings. The van der Waals surface area contributed by atoms with Gasteiger partial charge in [-0.25, -0.2) is 0 Å². The summed E-state index contributed by atoms with van der Waals surface area (Å²) in [4.78, 5) is 11.6. The summed E-state index contributed by atoms with van der Waals surface area (Å²) in [5.74, 6) is -0.182. The Morgan fingerprint density at radius 1 is 1.05 bits per heavy atom. The van der Waals surface area contributed by atoms with E-state index < -0.39 is 0 Å². The average Bonchev–Trinajstić information content (AvgIpc) is 2.43. The minimum absolute atomic E-state index is 0.0253. The number of amides is 1. The fourth-order valence-electron chi connectivity index (χ4n) is 1.57. The molecule has 2 aromatic rings. The largest absolute Gasteiger partial charge is 0.367 e. The smallest absolute Gasteiger partial charge is 0.250 e. The lowest BCUT2D eigenvalue weighted by Gasteiger charge is -2.06. The molecule has 0 aliphatic heterocycles. The van der Waals surface area contributed by atoms with E-state index in [2.05, 4.69) is 5.32 Å². The molecule has 0 unspecified atom stereocenters. The molecule has 1 N–H and O–H groups in total. The van der Waals surface area contributed by atoms with Gasteiger partial charge >= 0.3 is 0 Å². The maximum Gasteiger partial charge on any atom is 0.250 e. The Morgan fingerprint density at radius 3 is 2.42 bits per heavy atom. The van der Waals surface area contributed by atoms with Crippen molar-refractivity contribution in [3.8, 4) is 0 Å². The van der Waals surface area contributed by atoms with Crippen LogP contribution in [0.4, 0.5) is 5.69 Å². The summed E-state index contributed by atoms with van der Waals surface area (Å²) in [6, 6.07) is 16.7. The van der Waals surface area contributed by atoms with E-state index in [1.54, 1.807) is 24.3 Å². The molecule has 98 valence electrons. The quantitative estimate of drug-likeness (QED) is 0.907. The number of ether oxygens (including phenoxy) is 1. The first-order valence-corrected chi connectivity index (χ1v) is 6.29. The molecule has 3 nitrogen and oxygen atoms in total. The Hall–Kier alpha value is -1.84. The van der Waals surface area contributed by atoms with Crippen LogP contribution in [0.3, 0.4) is 0 Å². The molecule has 0 saturated carbocycles. The number of hydrogen-bond donors (Lipinski definition) is 1. The molecule has 0 atom stereocenters. The predicted octanol–water partition coefficient (Wildman–Crippen LogP) is 3.50. The van der Waals surface area contributed by atoms with Gasteiger partial charge in [0.1, 0.15) is 6.61 Å². The molecule has 0 saturated heterocycles. The summed E-state index contributed by atoms with van der Waals surface area (Å²) >= 11 is 5.76. The van der Waals surface area contributed by atoms with Gasteiger partial charge in [-0.15, -0.1) is 0 Å². The van der Waals surface area contributed by atoms with E-state index in [9.17, 15) is 4.79 Å². The second kappa shape index (κ2) is 6.92. The van der Waals surface area contributed by atoms with E-state index in [0.717, 1.165) is 5.56 Å². The van der Waals surface area contributed by atoms with Crippen molar-refractivity contribution in [2.24, 2.45) is 0 Å². The van der Waals surface area contributed by atoms with Crippen LogP contribution in [0.2, 0.25) is 5.02 Å². The Labute approximate surface area is 117 Å². The van der Waals surface area contributed by atoms with Crippen molar-refractivity contribution in [3.05, 3.63) is 65.2 Å². The maximum absolute atomic E-state index is 11.6. The van der Waals surface area contributed by atoms with Crippen LogP contribution in [-0.4, -0.2) is 12.5 Å². The Kier molecular flexibility index (Phi) is 4.95. The number of rotatable bonds is 5. The van der Waals surface area contributed by atoms with Crippen molar-refractivity contribution >= 4 is 23.2 Å². The maximum atomic E-state index is 11.6. The third-order valence-corrected chi connectivity index (χ3v) is 2.72. The zero-order valence-electron chi connectivity index (χ0n) is 10.3. The van der Waals surface area contributed by atoms with Crippen molar-refractivity contribution in [2.45, 2.75) is 6.61 Å². The summed E-state index contributed by atoms with van der Waals surface area (Å²) in [7, 11) is 0. The van der Waals surface area contributed by atoms with Crippen LogP contribution >= 0.6 is 11.6 Å². The second-order valence-electron chi connectivity index (χ2n) is 4.03. The number of benzene rings is 2. The van der Waals surface area contributed by atoms with Crippen molar-refractivity contribution in [3.63, 3.8) is 0 Å². The fourth-order valence-corrected chi connectivity index (χ4v) is 1.69. The SMILES string of the molecule is O=C(COCc1ccccc1)Nc1ccc(Cl)cc1. The monoisotopic (exact) mass is 275 g/mol. The topological polar surface area (TPSA) is 38.3 Å². The van der Waals surface area contributed by atoms with E-state index in [4.69, 9.17) is 16.3 Å². The molecule has 0 aromatic heterocycles. The highest BCUT2D eigenvalue weighted by Gasteiger charge is 2.02. The summed E-state index contributed by atoms with van der Waals surface area (Å²) in [5.41, 5.74) is 1.75. The molecule has 0 aliphatic carbocycles. The van der Waals surface area contributed by atoms with Crippen molar-refractivity contribution in [1.29, 1.82) is 0 Å². The van der Waals surface area contributed by atoms with Gasteiger partial charge in [0, 0.05) is 10.7 Å². The highest BCUT2D eigenvalue weighted by molar-refractivity contribution is 6.30. The Bertz CT molecular complexity index is 526. The lowest BCUT2D eigenvalue weighted by molar-refractivity contribution is -0.121. The summed E-state index contributed by atoms with van der Waals surface area (Å²) in [6.45, 7) is 0.451. The molecule has 0 aliphatic rings. The van der Waals surface area contributed by atoms with E-state index in [-0.39, 0.29) is 12.5 Å². The molecule has 0 spiro atoms. The average molecular weight is 276 g/mol. The van der Waals surface area contributed by atoms with Gasteiger partial charge in [-0.3, -0.25) is 4.79 Å². The number of nitrogens with one attached hydrogen (secondary N) is 1. The van der Waals surface area contributed by atoms with Gasteiger partial charge in [-0.1, -0.05) is 41.9 Å². The first kappa shape index (κ1) is 13.6. The Morgan fingerprint density at radius 2 is 1.74 bits per heavy atom. The van der Waals surface area contributed by atoms with E-state index >= 15 is 0 Å². The van der Waals surface area contributed by atoms with Crippen LogP contribution in [0.25, 0.3) is 0 Å². The third kappa shape index (κ3) is 4.73. The van der Waals surface area contributed by atoms with Crippen LogP contribution in [0, 0.1) is 0 Å². The number of carbonyl (C=O) groups excluding carboxylic acids is 1. The first-order valence-electron chi connectivity index (χ1n) is 5.91. The van der Waals surface area contributed by atoms with Gasteiger partial charge < -0.3 is 10.1 Å². The van der Waals surface area contributed by atoms with Crippen LogP contribution in [0.5, 0.6) is 0 Å². The van der Waals surface area contributed by atoms with E-state index in [1.165, 1.54) is 0 Å². The van der Waals surface area contributed by atoms with Crippen molar-refractivity contribution in [2.75, 3.05) is 11.9 Å². The molecule has 0 heterocycles. The van der Waals surface area contributed by atoms with Crippen LogP contribution < -0.4 is 5.32 Å². The molecule has 0 bridgehead atoms. The molecular weight excluding hydrogens is 262 g/mol. The highest BCUT2D eigenvalue weighted by atomic mass is 35.5. The van der Waals surface area contributed by atoms with Gasteiger partial charge in [0.2, 0.25) is 5.91 Å². The fraction of sp³-hybridized carbons (Fsp3) is 0.133. The van der Waals surface area contributed by atoms with Gasteiger partial charge in [0.05, 0.1) is 6.61 Å². The number of carbonyl (C=O) groups is 1. The molecule has 19 heavy (non-hydrogen) atoms. The zero-order chi connectivity index (χ0) is 13.5. The normalized spacial score (nSPS) is 10.2. The lowest BCUT2D eigenvalue weighted by atomic mass is 10.2. The Balaban J connectivity index is 1.74. The van der Waals surface area contributed by atoms with Gasteiger partial charge in [0.25, 0.3) is 0 Å². The molecule has 0 radical (unpaired) electrons. The summed E-state index contributed by atoms with van der Waals surface area (Å²) in [5, 5.41) is 3.37. The molecular formula is C15H14ClNO2. The lowest BCUT2D eigenvalue weighted by Crippen LogP contribution is -2.18. The van der Waals surface area contributed by atoms with Crippen LogP contribution in [0.15, 0.2) is 54.6 Å². The van der Waals surface area contributed by atoms with Crippen molar-refractivity contribution in [1.82, 2.24) is 0 Å². The minimum Gasteiger partial charge on any atom is -0.367 e. The summed E-state index contributed by atoms with van der Waals surface area (Å²) in [6.07, 6.45) is 0. The molecule has 2 aromatic carbocycles. The number of hydrogen-bond acceptors (Lipinski definition) is 2. The molecule has 4 heteroatoms. The predicted molar refractivity (Wildman–Crippen MR) is 76.2 cm³/mol. The molecule has 1 amide bonds. The van der Waals surface area contributed by atoms with Gasteiger partial charge in [0.15, 0.2) is 0 Å². The van der Waals surface area contributed by atoms with Gasteiger partial charge in [-0.2, -0.15) is 0 Å². The number of anilines is 1. The first-order chi connectivity index (χ1) is 9.24. The van der Waals surface area contributed by atoms with Crippen LogP contribution in [0.1, 0.15) is 5.56 Å². The summed E-state index contributed by atoms with van der Waals surface area (Å²) < 4.78 is 5.34. The third-order valence-electron chi connectivity index (χ3n) is 2.47. The standard InChI is InChI=1S/C15H14ClNO2/c16-13-6-8-14(9-7-13)17-15(18)11-19-10-12-4-2-1-3-5-12/h1-9H,10-11H2,(H,17,18). The van der Waals surface area contributed by atoms with Gasteiger partial charge in [-0.05, 0) is 29.8 Å². The van der Waals surface area contributed by atoms with E-state index in [1.807, 2.05) is 30.3 Å². The zero-order valence-corrected chi connectivity index (χ0v) is 11.1. The second-order valence-corrected chi connectivity index (χ2v) is 4.47. The highest BCUT2D eigenvalue weighted by Crippen LogP contribution is 2.13. The van der Waals surface area contributed by atoms with E-state index in [0.29, 0.717) is 17.3 Å². The van der Waals surface area contributed by atoms with Crippen LogP contribution in [-0.2, 0) is 16.1 Å². The van der Waals surface area contributed by atoms with Crippen molar-refractivity contribution < 1.29 is 9.53 Å². The molecule has 2 rings (SSSR count). The minimum atomic E-state index is -0.182.